The van der Waals surface area contributed by atoms with E-state index in [1.807, 2.05) is 32.9 Å². The number of nitrogens with one attached hydrogen (secondary N) is 1. The van der Waals surface area contributed by atoms with Crippen molar-refractivity contribution in [2.45, 2.75) is 46.1 Å². The van der Waals surface area contributed by atoms with Crippen LogP contribution in [-0.2, 0) is 4.79 Å². The largest absolute Gasteiger partial charge is 0.481 e. The second-order valence-corrected chi connectivity index (χ2v) is 5.79. The lowest BCUT2D eigenvalue weighted by Crippen LogP contribution is -2.34. The van der Waals surface area contributed by atoms with Crippen LogP contribution < -0.4 is 5.32 Å². The maximum Gasteiger partial charge on any atom is 0.306 e. The predicted octanol–water partition coefficient (Wildman–Crippen LogP) is 2.59. The SMILES string of the molecule is Cc1cc(C)c(C(=O)NC2CCC(C(=O)O)C2)c(C)c1. The van der Waals surface area contributed by atoms with Crippen molar-refractivity contribution in [3.63, 3.8) is 0 Å². The molecule has 20 heavy (non-hydrogen) atoms. The van der Waals surface area contributed by atoms with Crippen molar-refractivity contribution in [2.24, 2.45) is 5.92 Å². The van der Waals surface area contributed by atoms with Crippen molar-refractivity contribution >= 4 is 11.9 Å². The first-order chi connectivity index (χ1) is 9.38. The Labute approximate surface area is 119 Å². The summed E-state index contributed by atoms with van der Waals surface area (Å²) < 4.78 is 0. The monoisotopic (exact) mass is 275 g/mol. The zero-order valence-corrected chi connectivity index (χ0v) is 12.2. The van der Waals surface area contributed by atoms with E-state index >= 15 is 0 Å². The zero-order chi connectivity index (χ0) is 14.9. The minimum atomic E-state index is -0.760. The third-order valence-electron chi connectivity index (χ3n) is 4.02. The lowest BCUT2D eigenvalue weighted by Gasteiger charge is -2.16. The summed E-state index contributed by atoms with van der Waals surface area (Å²) >= 11 is 0. The second kappa shape index (κ2) is 5.65. The van der Waals surface area contributed by atoms with Gasteiger partial charge in [0.1, 0.15) is 0 Å². The summed E-state index contributed by atoms with van der Waals surface area (Å²) in [4.78, 5) is 23.3. The van der Waals surface area contributed by atoms with Gasteiger partial charge in [0.2, 0.25) is 0 Å². The van der Waals surface area contributed by atoms with Crippen LogP contribution in [0.15, 0.2) is 12.1 Å². The van der Waals surface area contributed by atoms with E-state index in [1.165, 1.54) is 0 Å². The molecule has 108 valence electrons. The number of aliphatic carboxylic acids is 1. The van der Waals surface area contributed by atoms with E-state index in [0.717, 1.165) is 28.7 Å². The summed E-state index contributed by atoms with van der Waals surface area (Å²) in [5.74, 6) is -1.17. The summed E-state index contributed by atoms with van der Waals surface area (Å²) in [6.45, 7) is 5.88. The average molecular weight is 275 g/mol. The Hall–Kier alpha value is -1.84. The van der Waals surface area contributed by atoms with Gasteiger partial charge in [-0.15, -0.1) is 0 Å². The number of carboxylic acids is 1. The molecule has 0 bridgehead atoms. The molecule has 1 aliphatic rings. The molecule has 1 aromatic carbocycles. The highest BCUT2D eigenvalue weighted by atomic mass is 16.4. The molecule has 2 atom stereocenters. The number of rotatable bonds is 3. The predicted molar refractivity (Wildman–Crippen MR) is 76.9 cm³/mol. The van der Waals surface area contributed by atoms with Crippen LogP contribution in [-0.4, -0.2) is 23.0 Å². The van der Waals surface area contributed by atoms with Gasteiger partial charge in [0, 0.05) is 11.6 Å². The summed E-state index contributed by atoms with van der Waals surface area (Å²) in [6, 6.07) is 3.97. The Balaban J connectivity index is 2.08. The maximum absolute atomic E-state index is 12.4. The third kappa shape index (κ3) is 3.00. The Morgan fingerprint density at radius 1 is 1.15 bits per heavy atom. The number of carboxylic acid groups (broad SMARTS) is 1. The highest BCUT2D eigenvalue weighted by molar-refractivity contribution is 5.97. The van der Waals surface area contributed by atoms with Gasteiger partial charge in [-0.3, -0.25) is 9.59 Å². The van der Waals surface area contributed by atoms with Crippen LogP contribution >= 0.6 is 0 Å². The summed E-state index contributed by atoms with van der Waals surface area (Å²) in [5.41, 5.74) is 3.79. The van der Waals surface area contributed by atoms with Crippen LogP contribution in [0.5, 0.6) is 0 Å². The molecule has 0 aromatic heterocycles. The lowest BCUT2D eigenvalue weighted by atomic mass is 9.99. The standard InChI is InChI=1S/C16H21NO3/c1-9-6-10(2)14(11(3)7-9)15(18)17-13-5-4-12(8-13)16(19)20/h6-7,12-13H,4-5,8H2,1-3H3,(H,17,18)(H,19,20). The number of hydrogen-bond donors (Lipinski definition) is 2. The molecule has 1 saturated carbocycles. The Morgan fingerprint density at radius 3 is 2.25 bits per heavy atom. The van der Waals surface area contributed by atoms with Gasteiger partial charge < -0.3 is 10.4 Å². The van der Waals surface area contributed by atoms with Crippen LogP contribution in [0.25, 0.3) is 0 Å². The molecular weight excluding hydrogens is 254 g/mol. The van der Waals surface area contributed by atoms with Gasteiger partial charge in [0.05, 0.1) is 5.92 Å². The molecule has 2 N–H and O–H groups in total. The quantitative estimate of drug-likeness (QED) is 0.891. The van der Waals surface area contributed by atoms with Crippen LogP contribution in [0.2, 0.25) is 0 Å². The summed E-state index contributed by atoms with van der Waals surface area (Å²) in [7, 11) is 0. The van der Waals surface area contributed by atoms with Gasteiger partial charge >= 0.3 is 5.97 Å². The number of hydrogen-bond acceptors (Lipinski definition) is 2. The van der Waals surface area contributed by atoms with Crippen molar-refractivity contribution in [2.75, 3.05) is 0 Å². The molecule has 2 rings (SSSR count). The Morgan fingerprint density at radius 2 is 1.75 bits per heavy atom. The molecule has 0 spiro atoms. The van der Waals surface area contributed by atoms with Gasteiger partial charge in [0.25, 0.3) is 5.91 Å². The third-order valence-corrected chi connectivity index (χ3v) is 4.02. The molecule has 0 saturated heterocycles. The number of amides is 1. The first-order valence-corrected chi connectivity index (χ1v) is 7.00. The second-order valence-electron chi connectivity index (χ2n) is 5.79. The smallest absolute Gasteiger partial charge is 0.306 e. The van der Waals surface area contributed by atoms with E-state index in [0.29, 0.717) is 12.8 Å². The number of aryl methyl sites for hydroxylation is 3. The first-order valence-electron chi connectivity index (χ1n) is 7.00. The Bertz CT molecular complexity index is 528. The van der Waals surface area contributed by atoms with Crippen LogP contribution in [0.3, 0.4) is 0 Å². The molecular formula is C16H21NO3. The minimum Gasteiger partial charge on any atom is -0.481 e. The summed E-state index contributed by atoms with van der Waals surface area (Å²) in [5, 5.41) is 12.0. The van der Waals surface area contributed by atoms with E-state index in [-0.39, 0.29) is 17.9 Å². The molecule has 1 fully saturated rings. The van der Waals surface area contributed by atoms with E-state index < -0.39 is 5.97 Å². The maximum atomic E-state index is 12.4. The van der Waals surface area contributed by atoms with Crippen molar-refractivity contribution in [1.29, 1.82) is 0 Å². The van der Waals surface area contributed by atoms with E-state index in [2.05, 4.69) is 5.32 Å². The van der Waals surface area contributed by atoms with Gasteiger partial charge in [-0.05, 0) is 51.2 Å². The van der Waals surface area contributed by atoms with E-state index in [9.17, 15) is 9.59 Å². The number of benzene rings is 1. The van der Waals surface area contributed by atoms with Crippen molar-refractivity contribution < 1.29 is 14.7 Å². The van der Waals surface area contributed by atoms with Crippen LogP contribution in [0, 0.1) is 26.7 Å². The fraction of sp³-hybridized carbons (Fsp3) is 0.500. The molecule has 0 aliphatic heterocycles. The average Bonchev–Trinajstić information content (AvgIpc) is 2.75. The van der Waals surface area contributed by atoms with Crippen molar-refractivity contribution in [1.82, 2.24) is 5.32 Å². The zero-order valence-electron chi connectivity index (χ0n) is 12.2. The molecule has 0 radical (unpaired) electrons. The van der Waals surface area contributed by atoms with Crippen molar-refractivity contribution in [3.8, 4) is 0 Å². The number of carbonyl (C=O) groups is 2. The van der Waals surface area contributed by atoms with Gasteiger partial charge in [-0.25, -0.2) is 0 Å². The number of carbonyl (C=O) groups excluding carboxylic acids is 1. The molecule has 1 aliphatic carbocycles. The molecule has 2 unspecified atom stereocenters. The van der Waals surface area contributed by atoms with Gasteiger partial charge in [0.15, 0.2) is 0 Å². The molecule has 1 aromatic rings. The van der Waals surface area contributed by atoms with Gasteiger partial charge in [-0.2, -0.15) is 0 Å². The molecule has 1 amide bonds. The van der Waals surface area contributed by atoms with Gasteiger partial charge in [-0.1, -0.05) is 17.7 Å². The fourth-order valence-corrected chi connectivity index (χ4v) is 3.13. The lowest BCUT2D eigenvalue weighted by molar-refractivity contribution is -0.141. The first kappa shape index (κ1) is 14.6. The minimum absolute atomic E-state index is 0.0243. The summed E-state index contributed by atoms with van der Waals surface area (Å²) in [6.07, 6.45) is 1.92. The molecule has 4 nitrogen and oxygen atoms in total. The molecule has 4 heteroatoms. The Kier molecular flexibility index (Phi) is 4.12. The highest BCUT2D eigenvalue weighted by Crippen LogP contribution is 2.26. The van der Waals surface area contributed by atoms with E-state index in [4.69, 9.17) is 5.11 Å². The fourth-order valence-electron chi connectivity index (χ4n) is 3.13. The normalized spacial score (nSPS) is 21.8. The highest BCUT2D eigenvalue weighted by Gasteiger charge is 2.31. The topological polar surface area (TPSA) is 66.4 Å². The van der Waals surface area contributed by atoms with Crippen molar-refractivity contribution in [3.05, 3.63) is 34.4 Å². The van der Waals surface area contributed by atoms with Crippen LogP contribution in [0.1, 0.15) is 46.3 Å². The van der Waals surface area contributed by atoms with Crippen LogP contribution in [0.4, 0.5) is 0 Å². The molecule has 0 heterocycles. The van der Waals surface area contributed by atoms with E-state index in [1.54, 1.807) is 0 Å².